The summed E-state index contributed by atoms with van der Waals surface area (Å²) in [4.78, 5) is 39.6. The lowest BCUT2D eigenvalue weighted by Crippen LogP contribution is -2.29. The maximum Gasteiger partial charge on any atom is 0.337 e. The molecule has 36 heavy (non-hydrogen) atoms. The number of benzene rings is 3. The number of phenols is 1. The lowest BCUT2D eigenvalue weighted by atomic mass is 9.94. The van der Waals surface area contributed by atoms with Crippen LogP contribution >= 0.6 is 0 Å². The van der Waals surface area contributed by atoms with Crippen LogP contribution in [0.2, 0.25) is 0 Å². The number of ketones is 1. The highest BCUT2D eigenvalue weighted by molar-refractivity contribution is 6.46. The summed E-state index contributed by atoms with van der Waals surface area (Å²) >= 11 is 0. The Morgan fingerprint density at radius 2 is 1.64 bits per heavy atom. The molecule has 1 heterocycles. The Morgan fingerprint density at radius 3 is 2.25 bits per heavy atom. The molecule has 0 aromatic heterocycles. The van der Waals surface area contributed by atoms with Gasteiger partial charge in [-0.25, -0.2) is 4.79 Å². The first-order chi connectivity index (χ1) is 17.2. The highest BCUT2D eigenvalue weighted by Crippen LogP contribution is 2.42. The van der Waals surface area contributed by atoms with Crippen LogP contribution in [-0.2, 0) is 20.9 Å². The number of nitrogens with zero attached hydrogens (tertiary/aromatic N) is 1. The number of likely N-dealkylation sites (tertiary alicyclic amines) is 1. The fourth-order valence-electron chi connectivity index (χ4n) is 4.26. The SMILES string of the molecule is COC(=O)c1ccc(CN2C(=O)C(=O)/C(=C(/O)c3cc(C)ccc3OC)C2c2ccc(O)cc2)cc1. The Labute approximate surface area is 208 Å². The molecule has 184 valence electrons. The fraction of sp³-hybridized carbons (Fsp3) is 0.179. The van der Waals surface area contributed by atoms with Crippen LogP contribution in [0.25, 0.3) is 5.76 Å². The van der Waals surface area contributed by atoms with Gasteiger partial charge in [0, 0.05) is 6.54 Å². The highest BCUT2D eigenvalue weighted by Gasteiger charge is 2.46. The van der Waals surface area contributed by atoms with Crippen molar-refractivity contribution in [3.8, 4) is 11.5 Å². The summed E-state index contributed by atoms with van der Waals surface area (Å²) in [7, 11) is 2.74. The number of aliphatic hydroxyl groups excluding tert-OH is 1. The molecule has 1 aliphatic rings. The molecule has 2 N–H and O–H groups in total. The van der Waals surface area contributed by atoms with Crippen molar-refractivity contribution >= 4 is 23.4 Å². The molecule has 1 amide bonds. The number of carbonyl (C=O) groups excluding carboxylic acids is 3. The number of aliphatic hydroxyl groups is 1. The predicted octanol–water partition coefficient (Wildman–Crippen LogP) is 4.12. The first-order valence-corrected chi connectivity index (χ1v) is 11.1. The molecule has 1 fully saturated rings. The lowest BCUT2D eigenvalue weighted by Gasteiger charge is -2.25. The third-order valence-electron chi connectivity index (χ3n) is 6.09. The summed E-state index contributed by atoms with van der Waals surface area (Å²) in [6, 6.07) is 16.8. The van der Waals surface area contributed by atoms with Crippen molar-refractivity contribution in [3.05, 3.63) is 100 Å². The second-order valence-electron chi connectivity index (χ2n) is 8.41. The first-order valence-electron chi connectivity index (χ1n) is 11.1. The first kappa shape index (κ1) is 24.5. The van der Waals surface area contributed by atoms with E-state index in [0.29, 0.717) is 28.0 Å². The van der Waals surface area contributed by atoms with Gasteiger partial charge in [0.1, 0.15) is 17.3 Å². The fourth-order valence-corrected chi connectivity index (χ4v) is 4.26. The number of ether oxygens (including phenoxy) is 2. The maximum absolute atomic E-state index is 13.3. The van der Waals surface area contributed by atoms with Crippen molar-refractivity contribution < 1.29 is 34.1 Å². The standard InChI is InChI=1S/C28H25NO7/c1-16-4-13-22(35-2)21(14-16)25(31)23-24(18-9-11-20(30)12-10-18)29(27(33)26(23)32)15-17-5-7-19(8-6-17)28(34)36-3/h4-14,24,30-31H,15H2,1-3H3/b25-23+. The Kier molecular flexibility index (Phi) is 6.78. The van der Waals surface area contributed by atoms with Crippen molar-refractivity contribution in [1.82, 2.24) is 4.90 Å². The molecule has 0 saturated carbocycles. The molecule has 0 bridgehead atoms. The Bertz CT molecular complexity index is 1360. The van der Waals surface area contributed by atoms with Crippen LogP contribution in [0.3, 0.4) is 0 Å². The molecular formula is C28H25NO7. The lowest BCUT2D eigenvalue weighted by molar-refractivity contribution is -0.140. The quantitative estimate of drug-likeness (QED) is 0.233. The van der Waals surface area contributed by atoms with Gasteiger partial charge in [-0.1, -0.05) is 35.9 Å². The minimum absolute atomic E-state index is 0.0226. The molecule has 1 saturated heterocycles. The van der Waals surface area contributed by atoms with E-state index in [9.17, 15) is 24.6 Å². The van der Waals surface area contributed by atoms with Crippen LogP contribution < -0.4 is 4.74 Å². The molecule has 1 unspecified atom stereocenters. The average molecular weight is 488 g/mol. The molecular weight excluding hydrogens is 462 g/mol. The van der Waals surface area contributed by atoms with Gasteiger partial charge in [-0.05, 0) is 54.4 Å². The number of Topliss-reactive ketones (excluding diaryl/α,β-unsaturated/α-hetero) is 1. The maximum atomic E-state index is 13.3. The Hall–Kier alpha value is -4.59. The molecule has 8 heteroatoms. The molecule has 3 aromatic carbocycles. The van der Waals surface area contributed by atoms with E-state index >= 15 is 0 Å². The Morgan fingerprint density at radius 1 is 0.972 bits per heavy atom. The molecule has 1 atom stereocenters. The van der Waals surface area contributed by atoms with Gasteiger partial charge in [-0.2, -0.15) is 0 Å². The number of phenolic OH excluding ortho intramolecular Hbond substituents is 1. The summed E-state index contributed by atoms with van der Waals surface area (Å²) in [5, 5.41) is 21.1. The van der Waals surface area contributed by atoms with E-state index in [1.165, 1.54) is 31.3 Å². The van der Waals surface area contributed by atoms with E-state index < -0.39 is 23.7 Å². The van der Waals surface area contributed by atoms with E-state index in [1.54, 1.807) is 48.5 Å². The number of methoxy groups -OCH3 is 2. The van der Waals surface area contributed by atoms with Crippen LogP contribution in [0.15, 0.2) is 72.3 Å². The van der Waals surface area contributed by atoms with Crippen LogP contribution in [0.1, 0.15) is 38.7 Å². The number of amides is 1. The second-order valence-corrected chi connectivity index (χ2v) is 8.41. The number of aryl methyl sites for hydroxylation is 1. The van der Waals surface area contributed by atoms with Gasteiger partial charge in [0.25, 0.3) is 11.7 Å². The van der Waals surface area contributed by atoms with E-state index in [1.807, 2.05) is 13.0 Å². The van der Waals surface area contributed by atoms with Gasteiger partial charge >= 0.3 is 5.97 Å². The zero-order chi connectivity index (χ0) is 26.0. The summed E-state index contributed by atoms with van der Waals surface area (Å²) in [5.74, 6) is -2.08. The normalized spacial score (nSPS) is 16.8. The molecule has 0 spiro atoms. The molecule has 3 aromatic rings. The number of hydrogen-bond acceptors (Lipinski definition) is 7. The summed E-state index contributed by atoms with van der Waals surface area (Å²) in [5.41, 5.74) is 2.60. The van der Waals surface area contributed by atoms with Gasteiger partial charge in [0.2, 0.25) is 0 Å². The van der Waals surface area contributed by atoms with Crippen molar-refractivity contribution in [3.63, 3.8) is 0 Å². The smallest absolute Gasteiger partial charge is 0.337 e. The molecule has 8 nitrogen and oxygen atoms in total. The number of rotatable bonds is 6. The van der Waals surface area contributed by atoms with Crippen LogP contribution in [0.5, 0.6) is 11.5 Å². The van der Waals surface area contributed by atoms with Crippen molar-refractivity contribution in [2.45, 2.75) is 19.5 Å². The van der Waals surface area contributed by atoms with Gasteiger partial charge in [-0.15, -0.1) is 0 Å². The van der Waals surface area contributed by atoms with Gasteiger partial charge < -0.3 is 24.6 Å². The zero-order valence-corrected chi connectivity index (χ0v) is 20.0. The number of aromatic hydroxyl groups is 1. The number of hydrogen-bond donors (Lipinski definition) is 2. The van der Waals surface area contributed by atoms with Crippen molar-refractivity contribution in [2.24, 2.45) is 0 Å². The molecule has 1 aliphatic heterocycles. The third-order valence-corrected chi connectivity index (χ3v) is 6.09. The monoisotopic (exact) mass is 487 g/mol. The molecule has 4 rings (SSSR count). The van der Waals surface area contributed by atoms with Crippen LogP contribution in [0, 0.1) is 6.92 Å². The molecule has 0 radical (unpaired) electrons. The minimum atomic E-state index is -0.920. The highest BCUT2D eigenvalue weighted by atomic mass is 16.5. The van der Waals surface area contributed by atoms with E-state index in [2.05, 4.69) is 0 Å². The average Bonchev–Trinajstić information content (AvgIpc) is 3.13. The van der Waals surface area contributed by atoms with Gasteiger partial charge in [0.15, 0.2) is 0 Å². The third kappa shape index (κ3) is 4.53. The summed E-state index contributed by atoms with van der Waals surface area (Å²) in [6.45, 7) is 1.88. The molecule has 0 aliphatic carbocycles. The van der Waals surface area contributed by atoms with Gasteiger partial charge in [-0.3, -0.25) is 9.59 Å². The van der Waals surface area contributed by atoms with E-state index in [4.69, 9.17) is 9.47 Å². The van der Waals surface area contributed by atoms with Crippen molar-refractivity contribution in [2.75, 3.05) is 14.2 Å². The number of esters is 1. The van der Waals surface area contributed by atoms with Crippen LogP contribution in [0.4, 0.5) is 0 Å². The van der Waals surface area contributed by atoms with E-state index in [0.717, 1.165) is 5.56 Å². The predicted molar refractivity (Wildman–Crippen MR) is 131 cm³/mol. The second kappa shape index (κ2) is 9.95. The Balaban J connectivity index is 1.83. The number of carbonyl (C=O) groups is 3. The van der Waals surface area contributed by atoms with E-state index in [-0.39, 0.29) is 23.6 Å². The summed E-state index contributed by atoms with van der Waals surface area (Å²) < 4.78 is 10.1. The largest absolute Gasteiger partial charge is 0.508 e. The van der Waals surface area contributed by atoms with Gasteiger partial charge in [0.05, 0.1) is 37.0 Å². The zero-order valence-electron chi connectivity index (χ0n) is 20.0. The van der Waals surface area contributed by atoms with Crippen molar-refractivity contribution in [1.29, 1.82) is 0 Å². The summed E-state index contributed by atoms with van der Waals surface area (Å²) in [6.07, 6.45) is 0. The van der Waals surface area contributed by atoms with Crippen LogP contribution in [-0.4, -0.2) is 47.0 Å². The minimum Gasteiger partial charge on any atom is -0.508 e. The topological polar surface area (TPSA) is 113 Å².